The molecule has 2 amide bonds. The summed E-state index contributed by atoms with van der Waals surface area (Å²) in [7, 11) is 0. The summed E-state index contributed by atoms with van der Waals surface area (Å²) in [5, 5.41) is 12.9. The number of carbonyl (C=O) groups is 3. The van der Waals surface area contributed by atoms with Gasteiger partial charge in [0.1, 0.15) is 12.6 Å². The molecule has 1 unspecified atom stereocenters. The van der Waals surface area contributed by atoms with Crippen molar-refractivity contribution in [3.63, 3.8) is 0 Å². The number of carboxylic acids is 1. The number of carbonyl (C=O) groups excluding carboxylic acids is 2. The molecule has 1 aliphatic rings. The summed E-state index contributed by atoms with van der Waals surface area (Å²) in [4.78, 5) is 34.5. The number of rotatable bonds is 8. The Labute approximate surface area is 187 Å². The molecule has 0 fully saturated rings. The average Bonchev–Trinajstić information content (AvgIpc) is 3.08. The Balaban J connectivity index is 1.47. The van der Waals surface area contributed by atoms with E-state index in [1.807, 2.05) is 48.5 Å². The largest absolute Gasteiger partial charge is 0.480 e. The zero-order valence-electron chi connectivity index (χ0n) is 17.3. The third-order valence-electron chi connectivity index (χ3n) is 5.03. The molecule has 1 atom stereocenters. The summed E-state index contributed by atoms with van der Waals surface area (Å²) in [6, 6.07) is 13.6. The molecule has 0 spiro atoms. The van der Waals surface area contributed by atoms with E-state index in [1.54, 1.807) is 5.32 Å². The molecular formula is C23H21F3N2O5. The van der Waals surface area contributed by atoms with Gasteiger partial charge in [-0.25, -0.2) is 9.59 Å². The van der Waals surface area contributed by atoms with Crippen LogP contribution in [0, 0.1) is 0 Å². The normalized spacial score (nSPS) is 13.8. The molecule has 0 bridgehead atoms. The van der Waals surface area contributed by atoms with Gasteiger partial charge in [-0.3, -0.25) is 4.79 Å². The van der Waals surface area contributed by atoms with Crippen molar-refractivity contribution >= 4 is 18.0 Å². The number of ether oxygens (including phenoxy) is 1. The van der Waals surface area contributed by atoms with Crippen LogP contribution in [0.5, 0.6) is 0 Å². The van der Waals surface area contributed by atoms with E-state index >= 15 is 0 Å². The standard InChI is InChI=1S/C23H21F3N2O5/c24-23(25,26)12-19(21(30)31)28-20(29)10-5-11-27-22(32)33-13-18-16-8-3-1-6-14(16)15-7-2-4-9-17(15)18/h1-10,18-19H,11-13H2,(H,27,32)(H,28,29)(H,30,31)/b10-5+. The van der Waals surface area contributed by atoms with Crippen molar-refractivity contribution < 1.29 is 37.4 Å². The Hall–Kier alpha value is -3.82. The average molecular weight is 462 g/mol. The minimum atomic E-state index is -4.74. The molecule has 3 N–H and O–H groups in total. The number of aliphatic carboxylic acids is 1. The molecular weight excluding hydrogens is 441 g/mol. The van der Waals surface area contributed by atoms with Gasteiger partial charge in [0.15, 0.2) is 0 Å². The molecule has 0 saturated heterocycles. The van der Waals surface area contributed by atoms with Gasteiger partial charge in [-0.1, -0.05) is 54.6 Å². The molecule has 0 heterocycles. The summed E-state index contributed by atoms with van der Waals surface area (Å²) in [5.74, 6) is -2.95. The fourth-order valence-corrected chi connectivity index (χ4v) is 3.61. The quantitative estimate of drug-likeness (QED) is 0.520. The predicted molar refractivity (Wildman–Crippen MR) is 112 cm³/mol. The van der Waals surface area contributed by atoms with Gasteiger partial charge in [0, 0.05) is 18.5 Å². The maximum absolute atomic E-state index is 12.4. The highest BCUT2D eigenvalue weighted by atomic mass is 19.4. The van der Waals surface area contributed by atoms with E-state index in [9.17, 15) is 27.6 Å². The van der Waals surface area contributed by atoms with Gasteiger partial charge in [0.05, 0.1) is 6.42 Å². The number of benzene rings is 2. The van der Waals surface area contributed by atoms with Crippen molar-refractivity contribution in [3.8, 4) is 11.1 Å². The van der Waals surface area contributed by atoms with Crippen LogP contribution in [-0.2, 0) is 14.3 Å². The van der Waals surface area contributed by atoms with Gasteiger partial charge in [0.25, 0.3) is 0 Å². The summed E-state index contributed by atoms with van der Waals surface area (Å²) in [6.07, 6.45) is -5.16. The van der Waals surface area contributed by atoms with Crippen LogP contribution >= 0.6 is 0 Å². The molecule has 0 saturated carbocycles. The number of carboxylic acid groups (broad SMARTS) is 1. The van der Waals surface area contributed by atoms with Gasteiger partial charge >= 0.3 is 18.2 Å². The topological polar surface area (TPSA) is 105 Å². The van der Waals surface area contributed by atoms with Gasteiger partial charge < -0.3 is 20.5 Å². The van der Waals surface area contributed by atoms with E-state index < -0.39 is 36.6 Å². The first-order valence-corrected chi connectivity index (χ1v) is 10.0. The van der Waals surface area contributed by atoms with Gasteiger partial charge in [0.2, 0.25) is 5.91 Å². The first kappa shape index (κ1) is 23.8. The third-order valence-corrected chi connectivity index (χ3v) is 5.03. The van der Waals surface area contributed by atoms with Crippen molar-refractivity contribution in [1.82, 2.24) is 10.6 Å². The molecule has 174 valence electrons. The second-order valence-electron chi connectivity index (χ2n) is 7.33. The van der Waals surface area contributed by atoms with Crippen LogP contribution in [0.1, 0.15) is 23.5 Å². The minimum absolute atomic E-state index is 0.0990. The molecule has 1 aliphatic carbocycles. The second kappa shape index (κ2) is 10.2. The zero-order chi connectivity index (χ0) is 24.0. The van der Waals surface area contributed by atoms with E-state index in [0.717, 1.165) is 28.3 Å². The van der Waals surface area contributed by atoms with Crippen LogP contribution in [0.15, 0.2) is 60.7 Å². The molecule has 0 aliphatic heterocycles. The lowest BCUT2D eigenvalue weighted by Gasteiger charge is -2.15. The Bertz CT molecular complexity index is 1020. The summed E-state index contributed by atoms with van der Waals surface area (Å²) in [6.45, 7) is -0.0388. The van der Waals surface area contributed by atoms with Crippen molar-refractivity contribution in [3.05, 3.63) is 71.8 Å². The summed E-state index contributed by atoms with van der Waals surface area (Å²) >= 11 is 0. The smallest absolute Gasteiger partial charge is 0.407 e. The molecule has 2 aromatic rings. The SMILES string of the molecule is O=C(/C=C/CNC(=O)OCC1c2ccccc2-c2ccccc21)NC(CC(F)(F)F)C(=O)O. The van der Waals surface area contributed by atoms with E-state index in [4.69, 9.17) is 9.84 Å². The lowest BCUT2D eigenvalue weighted by atomic mass is 9.98. The maximum atomic E-state index is 12.4. The number of hydrogen-bond donors (Lipinski definition) is 3. The molecule has 7 nitrogen and oxygen atoms in total. The number of alkyl carbamates (subject to hydrolysis) is 1. The maximum Gasteiger partial charge on any atom is 0.407 e. The van der Waals surface area contributed by atoms with E-state index in [-0.39, 0.29) is 19.1 Å². The van der Waals surface area contributed by atoms with Crippen molar-refractivity contribution in [1.29, 1.82) is 0 Å². The number of alkyl halides is 3. The predicted octanol–water partition coefficient (Wildman–Crippen LogP) is 3.60. The first-order valence-electron chi connectivity index (χ1n) is 10.0. The van der Waals surface area contributed by atoms with Gasteiger partial charge in [-0.05, 0) is 22.3 Å². The third kappa shape index (κ3) is 6.34. The van der Waals surface area contributed by atoms with Crippen molar-refractivity contribution in [2.24, 2.45) is 0 Å². The number of halogens is 3. The summed E-state index contributed by atoms with van der Waals surface area (Å²) < 4.78 is 42.4. The van der Waals surface area contributed by atoms with Crippen LogP contribution in [0.2, 0.25) is 0 Å². The zero-order valence-corrected chi connectivity index (χ0v) is 17.3. The van der Waals surface area contributed by atoms with Crippen molar-refractivity contribution in [2.45, 2.75) is 24.6 Å². The van der Waals surface area contributed by atoms with Crippen LogP contribution in [-0.4, -0.2) is 48.4 Å². The Kier molecular flexibility index (Phi) is 7.37. The van der Waals surface area contributed by atoms with Crippen molar-refractivity contribution in [2.75, 3.05) is 13.2 Å². The Morgan fingerprint density at radius 3 is 2.15 bits per heavy atom. The van der Waals surface area contributed by atoms with Crippen LogP contribution in [0.25, 0.3) is 11.1 Å². The number of hydrogen-bond acceptors (Lipinski definition) is 4. The Morgan fingerprint density at radius 1 is 1.03 bits per heavy atom. The van der Waals surface area contributed by atoms with E-state index in [2.05, 4.69) is 5.32 Å². The Morgan fingerprint density at radius 2 is 1.61 bits per heavy atom. The fourth-order valence-electron chi connectivity index (χ4n) is 3.61. The van der Waals surface area contributed by atoms with Gasteiger partial charge in [-0.2, -0.15) is 13.2 Å². The monoisotopic (exact) mass is 462 g/mol. The highest BCUT2D eigenvalue weighted by molar-refractivity contribution is 5.91. The lowest BCUT2D eigenvalue weighted by Crippen LogP contribution is -2.43. The van der Waals surface area contributed by atoms with Crippen LogP contribution in [0.4, 0.5) is 18.0 Å². The molecule has 33 heavy (non-hydrogen) atoms. The number of nitrogens with one attached hydrogen (secondary N) is 2. The fraction of sp³-hybridized carbons (Fsp3) is 0.261. The number of amides is 2. The van der Waals surface area contributed by atoms with E-state index in [1.165, 1.54) is 6.08 Å². The highest BCUT2D eigenvalue weighted by Crippen LogP contribution is 2.44. The first-order chi connectivity index (χ1) is 15.7. The van der Waals surface area contributed by atoms with Crippen LogP contribution < -0.4 is 10.6 Å². The van der Waals surface area contributed by atoms with E-state index in [0.29, 0.717) is 0 Å². The molecule has 2 aromatic carbocycles. The molecule has 3 rings (SSSR count). The number of fused-ring (bicyclic) bond motifs is 3. The molecule has 10 heteroatoms. The van der Waals surface area contributed by atoms with Crippen LogP contribution in [0.3, 0.4) is 0 Å². The lowest BCUT2D eigenvalue weighted by molar-refractivity contribution is -0.159. The van der Waals surface area contributed by atoms with Gasteiger partial charge in [-0.15, -0.1) is 0 Å². The molecule has 0 radical (unpaired) electrons. The second-order valence-corrected chi connectivity index (χ2v) is 7.33. The molecule has 0 aromatic heterocycles. The summed E-state index contributed by atoms with van der Waals surface area (Å²) in [5.41, 5.74) is 4.27. The minimum Gasteiger partial charge on any atom is -0.480 e. The highest BCUT2D eigenvalue weighted by Gasteiger charge is 2.36.